The Morgan fingerprint density at radius 1 is 0.500 bits per heavy atom. The van der Waals surface area contributed by atoms with Crippen molar-refractivity contribution in [1.82, 2.24) is 0 Å². The highest BCUT2D eigenvalue weighted by atomic mass is 16.5. The molecule has 0 rings (SSSR count). The van der Waals surface area contributed by atoms with Gasteiger partial charge in [0.05, 0.1) is 6.61 Å². The van der Waals surface area contributed by atoms with Gasteiger partial charge >= 0.3 is 5.97 Å². The van der Waals surface area contributed by atoms with E-state index in [0.717, 1.165) is 6.42 Å². The summed E-state index contributed by atoms with van der Waals surface area (Å²) in [6.45, 7) is 4.67. The first-order valence-corrected chi connectivity index (χ1v) is 12.0. The van der Waals surface area contributed by atoms with Crippen molar-refractivity contribution < 1.29 is 9.53 Å². The second kappa shape index (κ2) is 22.5. The Bertz CT molecular complexity index is 275. The smallest absolute Gasteiger partial charge is 0.305 e. The minimum Gasteiger partial charge on any atom is -0.466 e. The molecule has 0 radical (unpaired) electrons. The van der Waals surface area contributed by atoms with Crippen molar-refractivity contribution in [2.24, 2.45) is 0 Å². The van der Waals surface area contributed by atoms with E-state index in [0.29, 0.717) is 13.0 Å². The van der Waals surface area contributed by atoms with E-state index in [1.54, 1.807) is 0 Å². The average molecular weight is 369 g/mol. The lowest BCUT2D eigenvalue weighted by Crippen LogP contribution is -2.03. The van der Waals surface area contributed by atoms with Gasteiger partial charge in [-0.05, 0) is 13.3 Å². The molecule has 26 heavy (non-hydrogen) atoms. The fraction of sp³-hybridized carbons (Fsp3) is 0.958. The summed E-state index contributed by atoms with van der Waals surface area (Å²) in [6, 6.07) is 0. The highest BCUT2D eigenvalue weighted by molar-refractivity contribution is 5.69. The molecule has 0 aromatic rings. The number of unbranched alkanes of at least 4 members (excludes halogenated alkanes) is 18. The Labute approximate surface area is 164 Å². The summed E-state index contributed by atoms with van der Waals surface area (Å²) in [5, 5.41) is 0. The van der Waals surface area contributed by atoms with Gasteiger partial charge in [-0.15, -0.1) is 0 Å². The standard InChI is InChI=1S/C24H48O2/c1-3-5-6-7-8-9-10-11-12-13-14-15-16-17-18-19-20-21-22-23-24(25)26-4-2/h3-23H2,1-2H3. The Morgan fingerprint density at radius 2 is 0.808 bits per heavy atom. The third-order valence-electron chi connectivity index (χ3n) is 5.29. The van der Waals surface area contributed by atoms with Crippen LogP contribution in [0.5, 0.6) is 0 Å². The number of hydrogen-bond donors (Lipinski definition) is 0. The summed E-state index contributed by atoms with van der Waals surface area (Å²) in [4.78, 5) is 11.2. The second-order valence-corrected chi connectivity index (χ2v) is 7.92. The van der Waals surface area contributed by atoms with Crippen LogP contribution < -0.4 is 0 Å². The molecule has 0 atom stereocenters. The lowest BCUT2D eigenvalue weighted by Gasteiger charge is -2.04. The van der Waals surface area contributed by atoms with Crippen LogP contribution in [0.2, 0.25) is 0 Å². The Hall–Kier alpha value is -0.530. The molecule has 0 aromatic heterocycles. The largest absolute Gasteiger partial charge is 0.466 e. The highest BCUT2D eigenvalue weighted by Crippen LogP contribution is 2.14. The van der Waals surface area contributed by atoms with Gasteiger partial charge in [0, 0.05) is 6.42 Å². The van der Waals surface area contributed by atoms with Crippen molar-refractivity contribution >= 4 is 5.97 Å². The predicted molar refractivity (Wildman–Crippen MR) is 115 cm³/mol. The van der Waals surface area contributed by atoms with Crippen molar-refractivity contribution in [2.75, 3.05) is 6.61 Å². The fourth-order valence-electron chi connectivity index (χ4n) is 3.58. The molecule has 0 saturated carbocycles. The third-order valence-corrected chi connectivity index (χ3v) is 5.29. The number of hydrogen-bond acceptors (Lipinski definition) is 2. The van der Waals surface area contributed by atoms with Crippen LogP contribution in [0.15, 0.2) is 0 Å². The molecule has 0 aliphatic rings. The van der Waals surface area contributed by atoms with E-state index in [1.165, 1.54) is 116 Å². The average Bonchev–Trinajstić information content (AvgIpc) is 2.64. The lowest BCUT2D eigenvalue weighted by atomic mass is 10.0. The number of ether oxygens (including phenoxy) is 1. The molecule has 2 nitrogen and oxygen atoms in total. The molecule has 0 saturated heterocycles. The van der Waals surface area contributed by atoms with Crippen molar-refractivity contribution in [3.05, 3.63) is 0 Å². The molecule has 0 unspecified atom stereocenters. The third kappa shape index (κ3) is 21.5. The van der Waals surface area contributed by atoms with Gasteiger partial charge in [0.1, 0.15) is 0 Å². The van der Waals surface area contributed by atoms with Gasteiger partial charge < -0.3 is 4.74 Å². The maximum atomic E-state index is 11.2. The van der Waals surface area contributed by atoms with E-state index in [2.05, 4.69) is 6.92 Å². The van der Waals surface area contributed by atoms with Crippen molar-refractivity contribution in [2.45, 2.75) is 142 Å². The molecular weight excluding hydrogens is 320 g/mol. The molecule has 0 aromatic carbocycles. The van der Waals surface area contributed by atoms with Crippen molar-refractivity contribution in [3.8, 4) is 0 Å². The quantitative estimate of drug-likeness (QED) is 0.150. The molecule has 0 aliphatic carbocycles. The normalized spacial score (nSPS) is 11.0. The van der Waals surface area contributed by atoms with E-state index in [9.17, 15) is 4.79 Å². The predicted octanol–water partition coefficient (Wildman–Crippen LogP) is 8.37. The zero-order valence-corrected chi connectivity index (χ0v) is 18.2. The van der Waals surface area contributed by atoms with Gasteiger partial charge in [0.2, 0.25) is 0 Å². The maximum absolute atomic E-state index is 11.2. The zero-order chi connectivity index (χ0) is 19.1. The molecule has 0 fully saturated rings. The number of esters is 1. The van der Waals surface area contributed by atoms with Crippen LogP contribution in [0.4, 0.5) is 0 Å². The summed E-state index contributed by atoms with van der Waals surface area (Å²) in [5.41, 5.74) is 0. The zero-order valence-electron chi connectivity index (χ0n) is 18.2. The topological polar surface area (TPSA) is 26.3 Å². The Kier molecular flexibility index (Phi) is 22.1. The van der Waals surface area contributed by atoms with Gasteiger partial charge in [-0.1, -0.05) is 122 Å². The molecule has 0 N–H and O–H groups in total. The molecule has 0 heterocycles. The molecule has 2 heteroatoms. The molecule has 0 aliphatic heterocycles. The van der Waals surface area contributed by atoms with Crippen LogP contribution in [-0.2, 0) is 9.53 Å². The van der Waals surface area contributed by atoms with Crippen LogP contribution in [0.25, 0.3) is 0 Å². The number of rotatable bonds is 21. The molecule has 0 amide bonds. The summed E-state index contributed by atoms with van der Waals surface area (Å²) >= 11 is 0. The monoisotopic (exact) mass is 368 g/mol. The lowest BCUT2D eigenvalue weighted by molar-refractivity contribution is -0.143. The highest BCUT2D eigenvalue weighted by Gasteiger charge is 2.00. The van der Waals surface area contributed by atoms with Crippen LogP contribution in [0.1, 0.15) is 142 Å². The summed E-state index contributed by atoms with van der Waals surface area (Å²) in [7, 11) is 0. The summed E-state index contributed by atoms with van der Waals surface area (Å²) in [6.07, 6.45) is 26.9. The first-order valence-electron chi connectivity index (χ1n) is 12.0. The van der Waals surface area contributed by atoms with E-state index in [1.807, 2.05) is 6.92 Å². The first kappa shape index (κ1) is 25.5. The van der Waals surface area contributed by atoms with Crippen LogP contribution in [0, 0.1) is 0 Å². The fourth-order valence-corrected chi connectivity index (χ4v) is 3.58. The van der Waals surface area contributed by atoms with E-state index >= 15 is 0 Å². The van der Waals surface area contributed by atoms with E-state index < -0.39 is 0 Å². The van der Waals surface area contributed by atoms with Crippen molar-refractivity contribution in [3.63, 3.8) is 0 Å². The van der Waals surface area contributed by atoms with E-state index in [-0.39, 0.29) is 5.97 Å². The minimum atomic E-state index is -0.0283. The summed E-state index contributed by atoms with van der Waals surface area (Å²) < 4.78 is 4.94. The van der Waals surface area contributed by atoms with Gasteiger partial charge in [-0.25, -0.2) is 0 Å². The summed E-state index contributed by atoms with van der Waals surface area (Å²) in [5.74, 6) is -0.0283. The van der Waals surface area contributed by atoms with Gasteiger partial charge in [-0.3, -0.25) is 4.79 Å². The Balaban J connectivity index is 3.02. The molecule has 156 valence electrons. The minimum absolute atomic E-state index is 0.0283. The van der Waals surface area contributed by atoms with Gasteiger partial charge in [0.25, 0.3) is 0 Å². The van der Waals surface area contributed by atoms with Gasteiger partial charge in [0.15, 0.2) is 0 Å². The van der Waals surface area contributed by atoms with Gasteiger partial charge in [-0.2, -0.15) is 0 Å². The maximum Gasteiger partial charge on any atom is 0.305 e. The van der Waals surface area contributed by atoms with Crippen molar-refractivity contribution in [1.29, 1.82) is 0 Å². The molecule has 0 bridgehead atoms. The van der Waals surface area contributed by atoms with Crippen LogP contribution in [-0.4, -0.2) is 12.6 Å². The van der Waals surface area contributed by atoms with Crippen LogP contribution in [0.3, 0.4) is 0 Å². The number of carbonyl (C=O) groups excluding carboxylic acids is 1. The Morgan fingerprint density at radius 3 is 1.12 bits per heavy atom. The molecular formula is C24H48O2. The SMILES string of the molecule is CCCCCCCCCCCCCCCCCCCCCC(=O)OCC. The number of carbonyl (C=O) groups is 1. The first-order chi connectivity index (χ1) is 12.8. The van der Waals surface area contributed by atoms with E-state index in [4.69, 9.17) is 4.74 Å². The van der Waals surface area contributed by atoms with Crippen LogP contribution >= 0.6 is 0 Å². The molecule has 0 spiro atoms. The second-order valence-electron chi connectivity index (χ2n) is 7.92.